The van der Waals surface area contributed by atoms with Crippen LogP contribution >= 0.6 is 35.3 Å². The van der Waals surface area contributed by atoms with Crippen LogP contribution in [0.15, 0.2) is 46.8 Å². The van der Waals surface area contributed by atoms with Crippen molar-refractivity contribution in [1.82, 2.24) is 15.5 Å². The van der Waals surface area contributed by atoms with E-state index < -0.39 is 0 Å². The molecule has 1 aromatic carbocycles. The van der Waals surface area contributed by atoms with Crippen molar-refractivity contribution in [3.05, 3.63) is 52.2 Å². The van der Waals surface area contributed by atoms with Crippen LogP contribution in [0.3, 0.4) is 0 Å². The van der Waals surface area contributed by atoms with E-state index in [0.29, 0.717) is 5.92 Å². The second-order valence-electron chi connectivity index (χ2n) is 6.94. The van der Waals surface area contributed by atoms with Gasteiger partial charge < -0.3 is 20.3 Å². The summed E-state index contributed by atoms with van der Waals surface area (Å²) in [7, 11) is 7.69. The van der Waals surface area contributed by atoms with Gasteiger partial charge in [-0.15, -0.1) is 35.3 Å². The molecule has 2 N–H and O–H groups in total. The fourth-order valence-corrected chi connectivity index (χ4v) is 3.91. The van der Waals surface area contributed by atoms with Crippen LogP contribution in [0, 0.1) is 5.92 Å². The Kier molecular flexibility index (Phi) is 11.5. The molecule has 5 nitrogen and oxygen atoms in total. The van der Waals surface area contributed by atoms with Crippen molar-refractivity contribution >= 4 is 41.3 Å². The Morgan fingerprint density at radius 1 is 1.14 bits per heavy atom. The topological polar surface area (TPSA) is 48.9 Å². The number of benzene rings is 1. The maximum Gasteiger partial charge on any atom is 0.191 e. The van der Waals surface area contributed by atoms with Crippen LogP contribution in [0.5, 0.6) is 5.75 Å². The highest BCUT2D eigenvalue weighted by Crippen LogP contribution is 2.27. The molecule has 2 unspecified atom stereocenters. The molecule has 0 aliphatic rings. The molecule has 0 fully saturated rings. The summed E-state index contributed by atoms with van der Waals surface area (Å²) >= 11 is 1.82. The summed E-state index contributed by atoms with van der Waals surface area (Å²) in [5.74, 6) is 2.28. The molecule has 0 spiro atoms. The first-order valence-electron chi connectivity index (χ1n) is 9.31. The summed E-state index contributed by atoms with van der Waals surface area (Å²) < 4.78 is 5.54. The molecule has 0 saturated carbocycles. The zero-order chi connectivity index (χ0) is 19.6. The molecular weight excluding hydrogens is 483 g/mol. The van der Waals surface area contributed by atoms with Crippen molar-refractivity contribution in [2.24, 2.45) is 10.9 Å². The summed E-state index contributed by atoms with van der Waals surface area (Å²) in [6.45, 7) is 3.89. The molecule has 2 aromatic rings. The monoisotopic (exact) mass is 516 g/mol. The average Bonchev–Trinajstić information content (AvgIpc) is 3.17. The summed E-state index contributed by atoms with van der Waals surface area (Å²) in [4.78, 5) is 7.99. The van der Waals surface area contributed by atoms with Crippen LogP contribution in [0.25, 0.3) is 0 Å². The van der Waals surface area contributed by atoms with Gasteiger partial charge in [0.05, 0.1) is 13.2 Å². The number of halogens is 1. The van der Waals surface area contributed by atoms with Gasteiger partial charge in [-0.25, -0.2) is 0 Å². The molecule has 0 aliphatic heterocycles. The van der Waals surface area contributed by atoms with Crippen LogP contribution in [0.4, 0.5) is 0 Å². The lowest BCUT2D eigenvalue weighted by Crippen LogP contribution is -2.43. The van der Waals surface area contributed by atoms with E-state index in [1.165, 1.54) is 10.4 Å². The Balaban J connectivity index is 0.00000392. The third-order valence-electron chi connectivity index (χ3n) is 4.56. The van der Waals surface area contributed by atoms with E-state index in [2.05, 4.69) is 65.1 Å². The lowest BCUT2D eigenvalue weighted by molar-refractivity contribution is 0.287. The van der Waals surface area contributed by atoms with Crippen molar-refractivity contribution < 1.29 is 4.74 Å². The number of hydrogen-bond donors (Lipinski definition) is 2. The maximum absolute atomic E-state index is 5.54. The van der Waals surface area contributed by atoms with Crippen molar-refractivity contribution in [3.8, 4) is 5.75 Å². The minimum atomic E-state index is 0. The number of ether oxygens (including phenoxy) is 1. The van der Waals surface area contributed by atoms with E-state index in [0.717, 1.165) is 31.2 Å². The van der Waals surface area contributed by atoms with Crippen LogP contribution in [-0.4, -0.2) is 52.2 Å². The number of hydrogen-bond acceptors (Lipinski definition) is 4. The predicted molar refractivity (Wildman–Crippen MR) is 131 cm³/mol. The molecule has 2 atom stereocenters. The van der Waals surface area contributed by atoms with Crippen molar-refractivity contribution in [2.45, 2.75) is 19.4 Å². The summed E-state index contributed by atoms with van der Waals surface area (Å²) in [5.41, 5.74) is 1.17. The fourth-order valence-electron chi connectivity index (χ4n) is 3.04. The first-order valence-corrected chi connectivity index (χ1v) is 10.2. The number of rotatable bonds is 9. The molecule has 0 radical (unpaired) electrons. The molecule has 28 heavy (non-hydrogen) atoms. The van der Waals surface area contributed by atoms with Gasteiger partial charge in [-0.2, -0.15) is 0 Å². The third kappa shape index (κ3) is 7.60. The van der Waals surface area contributed by atoms with Crippen LogP contribution in [0.2, 0.25) is 0 Å². The van der Waals surface area contributed by atoms with Gasteiger partial charge in [-0.3, -0.25) is 4.99 Å². The molecule has 7 heteroatoms. The number of likely N-dealkylation sites (N-methyl/N-ethyl adjacent to an activating group) is 1. The van der Waals surface area contributed by atoms with E-state index in [1.807, 2.05) is 36.6 Å². The van der Waals surface area contributed by atoms with E-state index in [4.69, 9.17) is 4.74 Å². The second kappa shape index (κ2) is 13.0. The SMILES string of the molecule is CN=C(NCC(C)Cc1cccs1)NCC(c1ccccc1OC)N(C)C.I. The normalized spacial score (nSPS) is 13.6. The van der Waals surface area contributed by atoms with Gasteiger partial charge in [0.15, 0.2) is 5.96 Å². The highest BCUT2D eigenvalue weighted by Gasteiger charge is 2.18. The minimum Gasteiger partial charge on any atom is -0.496 e. The van der Waals surface area contributed by atoms with Gasteiger partial charge in [0.25, 0.3) is 0 Å². The van der Waals surface area contributed by atoms with Crippen LogP contribution in [0.1, 0.15) is 23.4 Å². The van der Waals surface area contributed by atoms with Crippen molar-refractivity contribution in [1.29, 1.82) is 0 Å². The first-order chi connectivity index (χ1) is 13.0. The Labute approximate surface area is 190 Å². The van der Waals surface area contributed by atoms with Gasteiger partial charge in [-0.1, -0.05) is 31.2 Å². The zero-order valence-electron chi connectivity index (χ0n) is 17.4. The quantitative estimate of drug-likeness (QED) is 0.300. The van der Waals surface area contributed by atoms with Crippen molar-refractivity contribution in [2.75, 3.05) is 41.3 Å². The number of para-hydroxylation sites is 1. The smallest absolute Gasteiger partial charge is 0.191 e. The van der Waals surface area contributed by atoms with E-state index in [9.17, 15) is 0 Å². The minimum absolute atomic E-state index is 0. The van der Waals surface area contributed by atoms with Gasteiger partial charge in [-0.05, 0) is 43.9 Å². The highest BCUT2D eigenvalue weighted by atomic mass is 127. The molecule has 156 valence electrons. The van der Waals surface area contributed by atoms with Crippen LogP contribution in [-0.2, 0) is 6.42 Å². The number of nitrogens with zero attached hydrogens (tertiary/aromatic N) is 2. The van der Waals surface area contributed by atoms with Gasteiger partial charge in [0.1, 0.15) is 5.75 Å². The molecule has 0 bridgehead atoms. The Morgan fingerprint density at radius 2 is 1.86 bits per heavy atom. The number of aliphatic imine (C=N–C) groups is 1. The fraction of sp³-hybridized carbons (Fsp3) is 0.476. The molecule has 1 aromatic heterocycles. The number of guanidine groups is 1. The molecule has 0 aliphatic carbocycles. The van der Waals surface area contributed by atoms with Crippen molar-refractivity contribution in [3.63, 3.8) is 0 Å². The van der Waals surface area contributed by atoms with Gasteiger partial charge >= 0.3 is 0 Å². The number of methoxy groups -OCH3 is 1. The number of nitrogens with one attached hydrogen (secondary N) is 2. The predicted octanol–water partition coefficient (Wildman–Crippen LogP) is 4.02. The number of thiophene rings is 1. The van der Waals surface area contributed by atoms with Crippen LogP contribution < -0.4 is 15.4 Å². The molecule has 1 heterocycles. The van der Waals surface area contributed by atoms with E-state index in [-0.39, 0.29) is 30.0 Å². The standard InChI is InChI=1S/C21H32N4OS.HI/c1-16(13-17-9-8-12-27-17)14-23-21(22-2)24-15-19(25(3)4)18-10-6-7-11-20(18)26-5;/h6-12,16,19H,13-15H2,1-5H3,(H2,22,23,24);1H. The molecule has 0 saturated heterocycles. The first kappa shape index (κ1) is 24.7. The van der Waals surface area contributed by atoms with Gasteiger partial charge in [0, 0.05) is 30.6 Å². The summed E-state index contributed by atoms with van der Waals surface area (Å²) in [6.07, 6.45) is 1.09. The molecule has 0 amide bonds. The Bertz CT molecular complexity index is 706. The van der Waals surface area contributed by atoms with E-state index in [1.54, 1.807) is 7.11 Å². The van der Waals surface area contributed by atoms with Gasteiger partial charge in [0.2, 0.25) is 0 Å². The summed E-state index contributed by atoms with van der Waals surface area (Å²) in [6, 6.07) is 12.7. The lowest BCUT2D eigenvalue weighted by Gasteiger charge is -2.27. The lowest BCUT2D eigenvalue weighted by atomic mass is 10.0. The Morgan fingerprint density at radius 3 is 2.46 bits per heavy atom. The molecular formula is C21H33IN4OS. The Hall–Kier alpha value is -1.32. The molecule has 2 rings (SSSR count). The largest absolute Gasteiger partial charge is 0.496 e. The second-order valence-corrected chi connectivity index (χ2v) is 7.98. The summed E-state index contributed by atoms with van der Waals surface area (Å²) in [5, 5.41) is 9.04. The average molecular weight is 516 g/mol. The zero-order valence-corrected chi connectivity index (χ0v) is 20.6. The third-order valence-corrected chi connectivity index (χ3v) is 5.45. The maximum atomic E-state index is 5.54. The van der Waals surface area contributed by atoms with E-state index >= 15 is 0 Å². The highest BCUT2D eigenvalue weighted by molar-refractivity contribution is 14.0.